The second-order valence-corrected chi connectivity index (χ2v) is 5.24. The van der Waals surface area contributed by atoms with E-state index in [1.807, 2.05) is 6.92 Å². The highest BCUT2D eigenvalue weighted by Crippen LogP contribution is 2.27. The number of hydrogen-bond acceptors (Lipinski definition) is 5. The summed E-state index contributed by atoms with van der Waals surface area (Å²) in [6.45, 7) is 2.26. The second-order valence-electron chi connectivity index (χ2n) is 5.24. The predicted octanol–water partition coefficient (Wildman–Crippen LogP) is 1.71. The Kier molecular flexibility index (Phi) is 5.14. The number of amides is 1. The van der Waals surface area contributed by atoms with Gasteiger partial charge in [0, 0.05) is 12.2 Å². The maximum atomic E-state index is 11.7. The molecular formula is C15H21N3O3. The first-order chi connectivity index (χ1) is 10.1. The molecule has 1 aliphatic rings. The summed E-state index contributed by atoms with van der Waals surface area (Å²) in [5.74, 6) is 0.177. The van der Waals surface area contributed by atoms with E-state index in [9.17, 15) is 9.59 Å². The third-order valence-corrected chi connectivity index (χ3v) is 3.75. The van der Waals surface area contributed by atoms with Crippen LogP contribution in [0.2, 0.25) is 0 Å². The Labute approximate surface area is 124 Å². The number of nitrogens with zero attached hydrogens (tertiary/aromatic N) is 1. The van der Waals surface area contributed by atoms with Crippen LogP contribution in [-0.2, 0) is 9.53 Å². The summed E-state index contributed by atoms with van der Waals surface area (Å²) in [7, 11) is 0. The van der Waals surface area contributed by atoms with Crippen molar-refractivity contribution in [2.45, 2.75) is 38.6 Å². The zero-order valence-corrected chi connectivity index (χ0v) is 12.2. The van der Waals surface area contributed by atoms with E-state index >= 15 is 0 Å². The summed E-state index contributed by atoms with van der Waals surface area (Å²) in [6.07, 6.45) is 4.94. The van der Waals surface area contributed by atoms with E-state index in [1.165, 1.54) is 6.20 Å². The van der Waals surface area contributed by atoms with Crippen molar-refractivity contribution < 1.29 is 14.3 Å². The smallest absolute Gasteiger partial charge is 0.308 e. The van der Waals surface area contributed by atoms with Crippen LogP contribution >= 0.6 is 0 Å². The molecule has 1 fully saturated rings. The number of hydrogen-bond donors (Lipinski definition) is 2. The number of anilines is 1. The Morgan fingerprint density at radius 2 is 2.05 bits per heavy atom. The Morgan fingerprint density at radius 1 is 1.33 bits per heavy atom. The van der Waals surface area contributed by atoms with E-state index in [2.05, 4.69) is 10.3 Å². The molecule has 1 aromatic rings. The molecule has 3 N–H and O–H groups in total. The Balaban J connectivity index is 1.83. The molecular weight excluding hydrogens is 270 g/mol. The minimum atomic E-state index is -0.482. The average Bonchev–Trinajstić information content (AvgIpc) is 2.49. The Hall–Kier alpha value is -2.11. The Morgan fingerprint density at radius 3 is 2.57 bits per heavy atom. The minimum absolute atomic E-state index is 0.0215. The molecule has 1 heterocycles. The van der Waals surface area contributed by atoms with Gasteiger partial charge in [0.15, 0.2) is 0 Å². The van der Waals surface area contributed by atoms with E-state index < -0.39 is 5.91 Å². The summed E-state index contributed by atoms with van der Waals surface area (Å²) < 4.78 is 5.05. The third-order valence-electron chi connectivity index (χ3n) is 3.75. The van der Waals surface area contributed by atoms with Gasteiger partial charge in [-0.15, -0.1) is 0 Å². The van der Waals surface area contributed by atoms with Gasteiger partial charge in [-0.3, -0.25) is 9.59 Å². The van der Waals surface area contributed by atoms with Crippen molar-refractivity contribution in [2.75, 3.05) is 11.9 Å². The summed E-state index contributed by atoms with van der Waals surface area (Å²) in [6, 6.07) is 3.70. The van der Waals surface area contributed by atoms with Crippen molar-refractivity contribution >= 4 is 17.7 Å². The van der Waals surface area contributed by atoms with Crippen LogP contribution in [0.4, 0.5) is 5.82 Å². The molecule has 0 unspecified atom stereocenters. The van der Waals surface area contributed by atoms with Crippen molar-refractivity contribution in [1.82, 2.24) is 4.98 Å². The predicted molar refractivity (Wildman–Crippen MR) is 78.8 cm³/mol. The lowest BCUT2D eigenvalue weighted by Gasteiger charge is -2.28. The fourth-order valence-electron chi connectivity index (χ4n) is 2.57. The molecule has 1 saturated carbocycles. The minimum Gasteiger partial charge on any atom is -0.466 e. The Bertz CT molecular complexity index is 493. The van der Waals surface area contributed by atoms with Crippen LogP contribution in [0, 0.1) is 5.92 Å². The number of primary amides is 1. The summed E-state index contributed by atoms with van der Waals surface area (Å²) in [4.78, 5) is 26.8. The average molecular weight is 291 g/mol. The molecule has 0 spiro atoms. The van der Waals surface area contributed by atoms with Gasteiger partial charge in [-0.2, -0.15) is 0 Å². The molecule has 0 bridgehead atoms. The highest BCUT2D eigenvalue weighted by Gasteiger charge is 2.27. The van der Waals surface area contributed by atoms with Gasteiger partial charge in [0.05, 0.1) is 18.1 Å². The van der Waals surface area contributed by atoms with Crippen LogP contribution in [0.15, 0.2) is 18.3 Å². The molecule has 1 aromatic heterocycles. The topological polar surface area (TPSA) is 94.3 Å². The van der Waals surface area contributed by atoms with Gasteiger partial charge < -0.3 is 15.8 Å². The molecule has 6 heteroatoms. The van der Waals surface area contributed by atoms with Crippen LogP contribution in [-0.4, -0.2) is 29.5 Å². The number of rotatable bonds is 5. The lowest BCUT2D eigenvalue weighted by molar-refractivity contribution is -0.149. The van der Waals surface area contributed by atoms with Gasteiger partial charge in [0.25, 0.3) is 0 Å². The molecule has 0 aromatic carbocycles. The van der Waals surface area contributed by atoms with E-state index in [1.54, 1.807) is 12.1 Å². The summed E-state index contributed by atoms with van der Waals surface area (Å²) in [5, 5.41) is 3.32. The van der Waals surface area contributed by atoms with Gasteiger partial charge in [-0.05, 0) is 44.7 Å². The van der Waals surface area contributed by atoms with Gasteiger partial charge >= 0.3 is 5.97 Å². The summed E-state index contributed by atoms with van der Waals surface area (Å²) >= 11 is 0. The SMILES string of the molecule is CCOC(=O)C1CCC(Nc2ccc(C(N)=O)cn2)CC1. The quantitative estimate of drug-likeness (QED) is 0.805. The molecule has 1 amide bonds. The van der Waals surface area contributed by atoms with Gasteiger partial charge in [-0.25, -0.2) is 4.98 Å². The zero-order chi connectivity index (χ0) is 15.2. The van der Waals surface area contributed by atoms with E-state index in [0.29, 0.717) is 18.2 Å². The van der Waals surface area contributed by atoms with E-state index in [0.717, 1.165) is 31.5 Å². The van der Waals surface area contributed by atoms with E-state index in [4.69, 9.17) is 10.5 Å². The number of carbonyl (C=O) groups excluding carboxylic acids is 2. The molecule has 1 aliphatic carbocycles. The molecule has 0 radical (unpaired) electrons. The van der Waals surface area contributed by atoms with Gasteiger partial charge in [0.2, 0.25) is 5.91 Å². The molecule has 21 heavy (non-hydrogen) atoms. The van der Waals surface area contributed by atoms with Crippen LogP contribution in [0.3, 0.4) is 0 Å². The number of carbonyl (C=O) groups is 2. The van der Waals surface area contributed by atoms with Crippen molar-refractivity contribution in [3.05, 3.63) is 23.9 Å². The molecule has 0 aliphatic heterocycles. The van der Waals surface area contributed by atoms with Crippen LogP contribution in [0.5, 0.6) is 0 Å². The second kappa shape index (κ2) is 7.06. The molecule has 0 atom stereocenters. The maximum Gasteiger partial charge on any atom is 0.308 e. The lowest BCUT2D eigenvalue weighted by atomic mass is 9.86. The summed E-state index contributed by atoms with van der Waals surface area (Å²) in [5.41, 5.74) is 5.57. The van der Waals surface area contributed by atoms with Crippen LogP contribution in [0.25, 0.3) is 0 Å². The molecule has 0 saturated heterocycles. The molecule has 114 valence electrons. The zero-order valence-electron chi connectivity index (χ0n) is 12.2. The first kappa shape index (κ1) is 15.3. The number of nitrogens with one attached hydrogen (secondary N) is 1. The number of esters is 1. The highest BCUT2D eigenvalue weighted by molar-refractivity contribution is 5.92. The monoisotopic (exact) mass is 291 g/mol. The fourth-order valence-corrected chi connectivity index (χ4v) is 2.57. The highest BCUT2D eigenvalue weighted by atomic mass is 16.5. The van der Waals surface area contributed by atoms with Gasteiger partial charge in [0.1, 0.15) is 5.82 Å². The van der Waals surface area contributed by atoms with Crippen molar-refractivity contribution in [3.8, 4) is 0 Å². The van der Waals surface area contributed by atoms with Crippen LogP contribution < -0.4 is 11.1 Å². The first-order valence-electron chi connectivity index (χ1n) is 7.29. The standard InChI is InChI=1S/C15H21N3O3/c1-2-21-15(20)10-3-6-12(7-4-10)18-13-8-5-11(9-17-13)14(16)19/h5,8-10,12H,2-4,6-7H2,1H3,(H2,16,19)(H,17,18). The maximum absolute atomic E-state index is 11.7. The molecule has 2 rings (SSSR count). The number of pyridine rings is 1. The van der Waals surface area contributed by atoms with Crippen LogP contribution in [0.1, 0.15) is 43.0 Å². The number of ether oxygens (including phenoxy) is 1. The lowest BCUT2D eigenvalue weighted by Crippen LogP contribution is -2.30. The number of nitrogens with two attached hydrogens (primary N) is 1. The first-order valence-corrected chi connectivity index (χ1v) is 7.29. The fraction of sp³-hybridized carbons (Fsp3) is 0.533. The molecule has 6 nitrogen and oxygen atoms in total. The van der Waals surface area contributed by atoms with E-state index in [-0.39, 0.29) is 11.9 Å². The largest absolute Gasteiger partial charge is 0.466 e. The van der Waals surface area contributed by atoms with Gasteiger partial charge in [-0.1, -0.05) is 0 Å². The number of aromatic nitrogens is 1. The third kappa shape index (κ3) is 4.18. The van der Waals surface area contributed by atoms with Crippen molar-refractivity contribution in [2.24, 2.45) is 11.7 Å². The van der Waals surface area contributed by atoms with Crippen molar-refractivity contribution in [1.29, 1.82) is 0 Å². The normalized spacial score (nSPS) is 21.6. The van der Waals surface area contributed by atoms with Crippen molar-refractivity contribution in [3.63, 3.8) is 0 Å².